The number of carbonyl (C=O) groups excluding carboxylic acids is 1. The van der Waals surface area contributed by atoms with E-state index < -0.39 is 27.3 Å². The fourth-order valence-corrected chi connectivity index (χ4v) is 3.97. The smallest absolute Gasteiger partial charge is 0.239 e. The van der Waals surface area contributed by atoms with Gasteiger partial charge in [0, 0.05) is 16.3 Å². The highest BCUT2D eigenvalue weighted by atomic mass is 35.5. The molecule has 0 aliphatic heterocycles. The number of aryl methyl sites for hydroxylation is 2. The van der Waals surface area contributed by atoms with Crippen molar-refractivity contribution in [3.63, 3.8) is 0 Å². The molecule has 1 aromatic heterocycles. The van der Waals surface area contributed by atoms with E-state index in [1.54, 1.807) is 36.4 Å². The van der Waals surface area contributed by atoms with Gasteiger partial charge >= 0.3 is 0 Å². The van der Waals surface area contributed by atoms with Gasteiger partial charge in [-0.15, -0.1) is 0 Å². The molecule has 1 amide bonds. The van der Waals surface area contributed by atoms with Crippen molar-refractivity contribution < 1.29 is 17.6 Å². The average molecular weight is 419 g/mol. The van der Waals surface area contributed by atoms with Crippen LogP contribution in [-0.2, 0) is 20.4 Å². The van der Waals surface area contributed by atoms with Gasteiger partial charge in [0.1, 0.15) is 12.0 Å². The van der Waals surface area contributed by atoms with Crippen LogP contribution in [0.2, 0.25) is 5.02 Å². The SMILES string of the molecule is Cc1ccc(NC(=O)CS(=O)(=O)Cc2coc(-c3cccc(Cl)c3)n2)cc1C. The maximum Gasteiger partial charge on any atom is 0.239 e. The summed E-state index contributed by atoms with van der Waals surface area (Å²) in [5.41, 5.74) is 3.54. The van der Waals surface area contributed by atoms with E-state index in [1.165, 1.54) is 6.26 Å². The molecule has 2 aromatic carbocycles. The largest absolute Gasteiger partial charge is 0.444 e. The first kappa shape index (κ1) is 20.1. The van der Waals surface area contributed by atoms with Gasteiger partial charge in [0.05, 0.1) is 11.4 Å². The number of oxazole rings is 1. The lowest BCUT2D eigenvalue weighted by molar-refractivity contribution is -0.113. The van der Waals surface area contributed by atoms with Crippen molar-refractivity contribution >= 4 is 33.0 Å². The molecule has 6 nitrogen and oxygen atoms in total. The molecule has 8 heteroatoms. The van der Waals surface area contributed by atoms with Gasteiger partial charge in [-0.2, -0.15) is 0 Å². The van der Waals surface area contributed by atoms with Crippen molar-refractivity contribution in [3.8, 4) is 11.5 Å². The fraction of sp³-hybridized carbons (Fsp3) is 0.200. The Labute approximate surface area is 168 Å². The van der Waals surface area contributed by atoms with Gasteiger partial charge in [-0.1, -0.05) is 23.7 Å². The third-order valence-corrected chi connectivity index (χ3v) is 5.81. The van der Waals surface area contributed by atoms with E-state index in [4.69, 9.17) is 16.0 Å². The van der Waals surface area contributed by atoms with Gasteiger partial charge in [0.2, 0.25) is 11.8 Å². The number of hydrogen-bond donors (Lipinski definition) is 1. The number of carbonyl (C=O) groups is 1. The third-order valence-electron chi connectivity index (χ3n) is 4.13. The molecule has 0 aliphatic carbocycles. The predicted molar refractivity (Wildman–Crippen MR) is 109 cm³/mol. The molecular formula is C20H19ClN2O4S. The Morgan fingerprint density at radius 3 is 2.64 bits per heavy atom. The number of aromatic nitrogens is 1. The first-order valence-electron chi connectivity index (χ1n) is 8.50. The van der Waals surface area contributed by atoms with Crippen LogP contribution in [0, 0.1) is 13.8 Å². The minimum Gasteiger partial charge on any atom is -0.444 e. The van der Waals surface area contributed by atoms with Gasteiger partial charge in [-0.3, -0.25) is 4.79 Å². The minimum absolute atomic E-state index is 0.231. The van der Waals surface area contributed by atoms with E-state index in [-0.39, 0.29) is 11.6 Å². The number of sulfone groups is 1. The van der Waals surface area contributed by atoms with Crippen LogP contribution < -0.4 is 5.32 Å². The van der Waals surface area contributed by atoms with Gasteiger partial charge in [-0.05, 0) is 55.3 Å². The van der Waals surface area contributed by atoms with Crippen LogP contribution in [-0.4, -0.2) is 25.1 Å². The molecule has 0 aliphatic rings. The molecule has 28 heavy (non-hydrogen) atoms. The second-order valence-electron chi connectivity index (χ2n) is 6.53. The highest BCUT2D eigenvalue weighted by Crippen LogP contribution is 2.22. The second-order valence-corrected chi connectivity index (χ2v) is 9.03. The molecule has 0 saturated heterocycles. The zero-order chi connectivity index (χ0) is 20.3. The van der Waals surface area contributed by atoms with Crippen molar-refractivity contribution in [2.24, 2.45) is 0 Å². The zero-order valence-electron chi connectivity index (χ0n) is 15.4. The molecule has 1 heterocycles. The van der Waals surface area contributed by atoms with Crippen molar-refractivity contribution in [1.29, 1.82) is 0 Å². The van der Waals surface area contributed by atoms with Crippen molar-refractivity contribution in [2.45, 2.75) is 19.6 Å². The van der Waals surface area contributed by atoms with Crippen LogP contribution in [0.4, 0.5) is 5.69 Å². The average Bonchev–Trinajstić information content (AvgIpc) is 3.05. The molecule has 1 N–H and O–H groups in total. The van der Waals surface area contributed by atoms with E-state index in [9.17, 15) is 13.2 Å². The van der Waals surface area contributed by atoms with Crippen LogP contribution in [0.25, 0.3) is 11.5 Å². The molecule has 0 radical (unpaired) electrons. The Balaban J connectivity index is 1.65. The highest BCUT2D eigenvalue weighted by Gasteiger charge is 2.20. The number of hydrogen-bond acceptors (Lipinski definition) is 5. The van der Waals surface area contributed by atoms with Crippen LogP contribution in [0.15, 0.2) is 53.1 Å². The molecular weight excluding hydrogens is 400 g/mol. The van der Waals surface area contributed by atoms with Crippen LogP contribution in [0.1, 0.15) is 16.8 Å². The lowest BCUT2D eigenvalue weighted by Crippen LogP contribution is -2.24. The fourth-order valence-electron chi connectivity index (χ4n) is 2.62. The molecule has 0 atom stereocenters. The van der Waals surface area contributed by atoms with Crippen LogP contribution >= 0.6 is 11.6 Å². The number of rotatable bonds is 6. The van der Waals surface area contributed by atoms with Gasteiger partial charge in [-0.25, -0.2) is 13.4 Å². The van der Waals surface area contributed by atoms with Crippen molar-refractivity contribution in [2.75, 3.05) is 11.1 Å². The Morgan fingerprint density at radius 1 is 1.14 bits per heavy atom. The van der Waals surface area contributed by atoms with Crippen LogP contribution in [0.5, 0.6) is 0 Å². The van der Waals surface area contributed by atoms with E-state index in [1.807, 2.05) is 19.9 Å². The van der Waals surface area contributed by atoms with E-state index in [0.29, 0.717) is 16.3 Å². The number of halogens is 1. The Morgan fingerprint density at radius 2 is 1.93 bits per heavy atom. The predicted octanol–water partition coefficient (Wildman–Crippen LogP) is 4.17. The zero-order valence-corrected chi connectivity index (χ0v) is 17.0. The Bertz CT molecular complexity index is 1120. The van der Waals surface area contributed by atoms with Crippen LogP contribution in [0.3, 0.4) is 0 Å². The summed E-state index contributed by atoms with van der Waals surface area (Å²) < 4.78 is 30.1. The first-order chi connectivity index (χ1) is 13.2. The van der Waals surface area contributed by atoms with Gasteiger partial charge < -0.3 is 9.73 Å². The number of benzene rings is 2. The summed E-state index contributed by atoms with van der Waals surface area (Å²) in [6.45, 7) is 3.88. The maximum atomic E-state index is 12.4. The summed E-state index contributed by atoms with van der Waals surface area (Å²) in [5.74, 6) is -1.36. The monoisotopic (exact) mass is 418 g/mol. The second kappa shape index (κ2) is 8.16. The summed E-state index contributed by atoms with van der Waals surface area (Å²) in [5, 5.41) is 3.13. The van der Waals surface area contributed by atoms with Crippen molar-refractivity contribution in [1.82, 2.24) is 4.98 Å². The number of nitrogens with zero attached hydrogens (tertiary/aromatic N) is 1. The summed E-state index contributed by atoms with van der Waals surface area (Å²) in [6, 6.07) is 12.3. The standard InChI is InChI=1S/C20H19ClN2O4S/c1-13-6-7-17(8-14(13)2)22-19(24)12-28(25,26)11-18-10-27-20(23-18)15-4-3-5-16(21)9-15/h3-10H,11-12H2,1-2H3,(H,22,24). The third kappa shape index (κ3) is 5.21. The molecule has 0 saturated carbocycles. The lowest BCUT2D eigenvalue weighted by atomic mass is 10.1. The maximum absolute atomic E-state index is 12.4. The first-order valence-corrected chi connectivity index (χ1v) is 10.7. The van der Waals surface area contributed by atoms with E-state index in [2.05, 4.69) is 10.3 Å². The molecule has 3 aromatic rings. The Kier molecular flexibility index (Phi) is 5.86. The number of nitrogens with one attached hydrogen (secondary N) is 1. The summed E-state index contributed by atoms with van der Waals surface area (Å²) >= 11 is 5.94. The van der Waals surface area contributed by atoms with E-state index in [0.717, 1.165) is 11.1 Å². The lowest BCUT2D eigenvalue weighted by Gasteiger charge is -2.08. The van der Waals surface area contributed by atoms with Gasteiger partial charge in [0.25, 0.3) is 0 Å². The Hall–Kier alpha value is -2.64. The quantitative estimate of drug-likeness (QED) is 0.649. The molecule has 3 rings (SSSR count). The molecule has 0 bridgehead atoms. The number of anilines is 1. The van der Waals surface area contributed by atoms with Crippen molar-refractivity contribution in [3.05, 3.63) is 70.6 Å². The normalized spacial score (nSPS) is 11.4. The molecule has 0 unspecified atom stereocenters. The molecule has 0 fully saturated rings. The highest BCUT2D eigenvalue weighted by molar-refractivity contribution is 7.91. The molecule has 0 spiro atoms. The topological polar surface area (TPSA) is 89.3 Å². The summed E-state index contributed by atoms with van der Waals surface area (Å²) in [6.07, 6.45) is 1.27. The molecule has 146 valence electrons. The van der Waals surface area contributed by atoms with E-state index >= 15 is 0 Å². The summed E-state index contributed by atoms with van der Waals surface area (Å²) in [7, 11) is -3.71. The minimum atomic E-state index is -3.71. The number of amides is 1. The van der Waals surface area contributed by atoms with Gasteiger partial charge in [0.15, 0.2) is 9.84 Å². The summed E-state index contributed by atoms with van der Waals surface area (Å²) in [4.78, 5) is 16.3.